The first-order valence-electron chi connectivity index (χ1n) is 5.85. The Morgan fingerprint density at radius 1 is 0.957 bits per heavy atom. The van der Waals surface area contributed by atoms with E-state index in [1.807, 2.05) is 0 Å². The van der Waals surface area contributed by atoms with Crippen LogP contribution >= 0.6 is 15.2 Å². The Labute approximate surface area is 130 Å². The van der Waals surface area contributed by atoms with Gasteiger partial charge in [0.1, 0.15) is 17.6 Å². The molecule has 0 spiro atoms. The van der Waals surface area contributed by atoms with Crippen molar-refractivity contribution in [3.8, 4) is 0 Å². The number of carbonyl (C=O) groups is 2. The van der Waals surface area contributed by atoms with E-state index in [1.165, 1.54) is 0 Å². The van der Waals surface area contributed by atoms with Crippen molar-refractivity contribution in [1.29, 1.82) is 0 Å². The Kier molecular flexibility index (Phi) is 7.52. The third-order valence-electron chi connectivity index (χ3n) is 2.73. The van der Waals surface area contributed by atoms with Gasteiger partial charge in [-0.3, -0.25) is 23.6 Å². The summed E-state index contributed by atoms with van der Waals surface area (Å²) in [6.07, 6.45) is 0.0134. The van der Waals surface area contributed by atoms with Crippen molar-refractivity contribution in [2.24, 2.45) is 0 Å². The van der Waals surface area contributed by atoms with E-state index in [1.54, 1.807) is 0 Å². The van der Waals surface area contributed by atoms with Crippen LogP contribution in [0.15, 0.2) is 25.3 Å². The SMILES string of the molecule is C=CC(N(C(C=C)P(=O)(O)O)[C@@H](CC(=O)O)C(=O)O)P(=O)(O)O. The fourth-order valence-corrected chi connectivity index (χ4v) is 3.83. The Hall–Kier alpha value is -1.32. The molecule has 0 aliphatic carbocycles. The number of carboxylic acids is 2. The molecule has 6 N–H and O–H groups in total. The maximum atomic E-state index is 11.5. The van der Waals surface area contributed by atoms with E-state index in [0.29, 0.717) is 12.2 Å². The van der Waals surface area contributed by atoms with E-state index in [-0.39, 0.29) is 4.90 Å². The standard InChI is InChI=1S/C10H17NO10P2/c1-3-7(22(16,17)18)11(8(4-2)23(19,20)21)6(10(14)15)5-9(12)13/h3-4,6-8H,1-2,5H2,(H,12,13)(H,14,15)(H2,16,17,18)(H2,19,20,21)/t6-,7?,8?/m0/s1. The van der Waals surface area contributed by atoms with Crippen molar-refractivity contribution < 1.29 is 48.5 Å². The van der Waals surface area contributed by atoms with E-state index in [2.05, 4.69) is 13.2 Å². The lowest BCUT2D eigenvalue weighted by molar-refractivity contribution is -0.150. The zero-order valence-electron chi connectivity index (χ0n) is 11.7. The predicted molar refractivity (Wildman–Crippen MR) is 77.6 cm³/mol. The van der Waals surface area contributed by atoms with Gasteiger partial charge in [0.25, 0.3) is 0 Å². The van der Waals surface area contributed by atoms with Crippen LogP contribution in [-0.4, -0.2) is 64.2 Å². The normalized spacial score (nSPS) is 16.4. The second-order valence-electron chi connectivity index (χ2n) is 4.38. The number of hydrogen-bond acceptors (Lipinski definition) is 5. The molecule has 0 aliphatic rings. The highest BCUT2D eigenvalue weighted by atomic mass is 31.2. The number of carboxylic acid groups (broad SMARTS) is 2. The van der Waals surface area contributed by atoms with Crippen molar-refractivity contribution in [3.05, 3.63) is 25.3 Å². The van der Waals surface area contributed by atoms with Gasteiger partial charge in [-0.1, -0.05) is 12.2 Å². The Morgan fingerprint density at radius 3 is 1.48 bits per heavy atom. The first-order valence-corrected chi connectivity index (χ1v) is 9.21. The molecule has 0 rings (SSSR count). The van der Waals surface area contributed by atoms with Crippen LogP contribution in [0.4, 0.5) is 0 Å². The summed E-state index contributed by atoms with van der Waals surface area (Å²) in [4.78, 5) is 59.5. The minimum atomic E-state index is -5.15. The summed E-state index contributed by atoms with van der Waals surface area (Å²) < 4.78 is 23.0. The molecule has 0 bridgehead atoms. The molecule has 0 heterocycles. The van der Waals surface area contributed by atoms with Gasteiger partial charge >= 0.3 is 27.1 Å². The van der Waals surface area contributed by atoms with Gasteiger partial charge in [0.15, 0.2) is 0 Å². The molecule has 0 saturated carbocycles. The van der Waals surface area contributed by atoms with Crippen LogP contribution in [0.25, 0.3) is 0 Å². The maximum Gasteiger partial charge on any atom is 0.346 e. The summed E-state index contributed by atoms with van der Waals surface area (Å²) in [5.41, 5.74) is 0. The molecule has 0 saturated heterocycles. The van der Waals surface area contributed by atoms with E-state index < -0.39 is 51.2 Å². The van der Waals surface area contributed by atoms with Gasteiger partial charge in [0.05, 0.1) is 6.42 Å². The fourth-order valence-electron chi connectivity index (χ4n) is 1.88. The second kappa shape index (κ2) is 7.98. The lowest BCUT2D eigenvalue weighted by atomic mass is 10.1. The van der Waals surface area contributed by atoms with E-state index in [9.17, 15) is 38.3 Å². The summed E-state index contributed by atoms with van der Waals surface area (Å²) in [5.74, 6) is -7.77. The quantitative estimate of drug-likeness (QED) is 0.215. The highest BCUT2D eigenvalue weighted by molar-refractivity contribution is 7.53. The highest BCUT2D eigenvalue weighted by Gasteiger charge is 2.47. The molecule has 0 aromatic heterocycles. The minimum absolute atomic E-state index is 0.206. The van der Waals surface area contributed by atoms with Crippen LogP contribution in [0.3, 0.4) is 0 Å². The first kappa shape index (κ1) is 21.7. The Bertz CT molecular complexity index is 544. The molecule has 132 valence electrons. The largest absolute Gasteiger partial charge is 0.481 e. The van der Waals surface area contributed by atoms with Crippen molar-refractivity contribution in [2.45, 2.75) is 24.0 Å². The van der Waals surface area contributed by atoms with Crippen molar-refractivity contribution in [2.75, 3.05) is 0 Å². The van der Waals surface area contributed by atoms with Gasteiger partial charge < -0.3 is 29.8 Å². The lowest BCUT2D eigenvalue weighted by Crippen LogP contribution is -2.52. The number of rotatable bonds is 10. The van der Waals surface area contributed by atoms with Crippen molar-refractivity contribution >= 4 is 27.1 Å². The minimum Gasteiger partial charge on any atom is -0.481 e. The van der Waals surface area contributed by atoms with Gasteiger partial charge in [-0.15, -0.1) is 13.2 Å². The Balaban J connectivity index is 6.36. The van der Waals surface area contributed by atoms with E-state index in [0.717, 1.165) is 0 Å². The average molecular weight is 373 g/mol. The van der Waals surface area contributed by atoms with Gasteiger partial charge in [-0.05, 0) is 0 Å². The molecular formula is C10H17NO10P2. The lowest BCUT2D eigenvalue weighted by Gasteiger charge is -2.38. The molecule has 23 heavy (non-hydrogen) atoms. The molecule has 0 aromatic carbocycles. The molecule has 3 atom stereocenters. The highest BCUT2D eigenvalue weighted by Crippen LogP contribution is 2.52. The van der Waals surface area contributed by atoms with Crippen LogP contribution in [0.2, 0.25) is 0 Å². The second-order valence-corrected chi connectivity index (χ2v) is 7.79. The van der Waals surface area contributed by atoms with Crippen molar-refractivity contribution in [3.63, 3.8) is 0 Å². The zero-order chi connectivity index (χ0) is 18.6. The van der Waals surface area contributed by atoms with E-state index in [4.69, 9.17) is 10.2 Å². The van der Waals surface area contributed by atoms with Gasteiger partial charge in [0, 0.05) is 0 Å². The molecule has 0 radical (unpaired) electrons. The summed E-state index contributed by atoms with van der Waals surface area (Å²) in [6, 6.07) is -2.14. The first-order chi connectivity index (χ1) is 10.3. The molecular weight excluding hydrogens is 356 g/mol. The molecule has 0 aromatic rings. The van der Waals surface area contributed by atoms with Crippen LogP contribution in [0.5, 0.6) is 0 Å². The van der Waals surface area contributed by atoms with Crippen LogP contribution in [-0.2, 0) is 18.7 Å². The van der Waals surface area contributed by atoms with Gasteiger partial charge in [-0.25, -0.2) is 0 Å². The third kappa shape index (κ3) is 6.00. The molecule has 13 heteroatoms. The summed E-state index contributed by atoms with van der Waals surface area (Å²) in [7, 11) is -10.3. The third-order valence-corrected chi connectivity index (χ3v) is 5.07. The average Bonchev–Trinajstić information content (AvgIpc) is 2.32. The van der Waals surface area contributed by atoms with Crippen molar-refractivity contribution in [1.82, 2.24) is 4.90 Å². The summed E-state index contributed by atoms with van der Waals surface area (Å²) in [5, 5.41) is 17.9. The number of nitrogens with zero attached hydrogens (tertiary/aromatic N) is 1. The molecule has 2 unspecified atom stereocenters. The molecule has 0 aliphatic heterocycles. The van der Waals surface area contributed by atoms with E-state index >= 15 is 0 Å². The summed E-state index contributed by atoms with van der Waals surface area (Å²) >= 11 is 0. The Morgan fingerprint density at radius 2 is 1.30 bits per heavy atom. The van der Waals surface area contributed by atoms with Gasteiger partial charge in [0.2, 0.25) is 0 Å². The molecule has 11 nitrogen and oxygen atoms in total. The number of hydrogen-bond donors (Lipinski definition) is 6. The molecule has 0 fully saturated rings. The summed E-state index contributed by atoms with van der Waals surface area (Å²) in [6.45, 7) is 6.21. The van der Waals surface area contributed by atoms with Crippen LogP contribution < -0.4 is 0 Å². The van der Waals surface area contributed by atoms with Crippen LogP contribution in [0.1, 0.15) is 6.42 Å². The predicted octanol–water partition coefficient (Wildman–Crippen LogP) is -0.404. The number of aliphatic carboxylic acids is 2. The topological polar surface area (TPSA) is 193 Å². The van der Waals surface area contributed by atoms with Crippen LogP contribution in [0, 0.1) is 0 Å². The molecule has 0 amide bonds. The fraction of sp³-hybridized carbons (Fsp3) is 0.400. The zero-order valence-corrected chi connectivity index (χ0v) is 13.5. The smallest absolute Gasteiger partial charge is 0.346 e. The maximum absolute atomic E-state index is 11.5. The monoisotopic (exact) mass is 373 g/mol. The van der Waals surface area contributed by atoms with Gasteiger partial charge in [-0.2, -0.15) is 0 Å².